The fraction of sp³-hybridized carbons (Fsp3) is 0. The standard InChI is InChI=1S/C63H39N5/c1-4-18-41(19-5-1)53-38-59-60(51-28-13-12-26-49(51)53)55-37-54-50-27-14-15-30-56(50)68(57(54)39-58(55)67(59)46-24-8-3-9-25-46)47-33-34-48-44(36-47)23-16-29-52(48)63-65-61(42-20-6-2-7-21-42)64-62(66-63)45-32-31-40-17-10-11-22-43(40)35-45/h1-39H. The van der Waals surface area contributed by atoms with Gasteiger partial charge in [0.1, 0.15) is 0 Å². The van der Waals surface area contributed by atoms with Crippen LogP contribution in [0.5, 0.6) is 0 Å². The second kappa shape index (κ2) is 15.2. The minimum absolute atomic E-state index is 0.635. The van der Waals surface area contributed by atoms with E-state index >= 15 is 0 Å². The van der Waals surface area contributed by atoms with Gasteiger partial charge in [-0.25, -0.2) is 15.0 Å². The van der Waals surface area contributed by atoms with Gasteiger partial charge in [0.25, 0.3) is 0 Å². The van der Waals surface area contributed by atoms with Crippen LogP contribution in [-0.4, -0.2) is 24.1 Å². The highest BCUT2D eigenvalue weighted by molar-refractivity contribution is 6.27. The fourth-order valence-corrected chi connectivity index (χ4v) is 10.6. The lowest BCUT2D eigenvalue weighted by molar-refractivity contribution is 1.08. The molecular formula is C63H39N5. The summed E-state index contributed by atoms with van der Waals surface area (Å²) >= 11 is 0. The molecule has 5 heteroatoms. The molecule has 0 radical (unpaired) electrons. The Morgan fingerprint density at radius 1 is 0.250 bits per heavy atom. The van der Waals surface area contributed by atoms with Crippen molar-refractivity contribution in [1.29, 1.82) is 0 Å². The monoisotopic (exact) mass is 865 g/mol. The van der Waals surface area contributed by atoms with Gasteiger partial charge in [-0.1, -0.05) is 182 Å². The van der Waals surface area contributed by atoms with E-state index < -0.39 is 0 Å². The van der Waals surface area contributed by atoms with Crippen molar-refractivity contribution in [3.05, 3.63) is 237 Å². The normalized spacial score (nSPS) is 11.8. The minimum Gasteiger partial charge on any atom is -0.309 e. The number of hydrogen-bond acceptors (Lipinski definition) is 3. The molecule has 0 unspecified atom stereocenters. The Morgan fingerprint density at radius 3 is 1.68 bits per heavy atom. The summed E-state index contributed by atoms with van der Waals surface area (Å²) in [5.74, 6) is 1.92. The molecule has 3 aromatic heterocycles. The van der Waals surface area contributed by atoms with Crippen molar-refractivity contribution in [3.63, 3.8) is 0 Å². The van der Waals surface area contributed by atoms with Crippen molar-refractivity contribution >= 4 is 75.9 Å². The topological polar surface area (TPSA) is 48.5 Å². The van der Waals surface area contributed by atoms with Crippen molar-refractivity contribution in [2.45, 2.75) is 0 Å². The smallest absolute Gasteiger partial charge is 0.164 e. The second-order valence-electron chi connectivity index (χ2n) is 17.6. The van der Waals surface area contributed by atoms with E-state index in [-0.39, 0.29) is 0 Å². The molecule has 0 aliphatic rings. The molecule has 3 heterocycles. The molecule has 14 rings (SSSR count). The molecule has 11 aromatic carbocycles. The van der Waals surface area contributed by atoms with Crippen molar-refractivity contribution in [3.8, 4) is 56.7 Å². The molecule has 0 spiro atoms. The van der Waals surface area contributed by atoms with Gasteiger partial charge in [0.15, 0.2) is 17.5 Å². The average Bonchev–Trinajstić information content (AvgIpc) is 3.91. The number of aromatic nitrogens is 5. The van der Waals surface area contributed by atoms with Crippen LogP contribution >= 0.6 is 0 Å². The molecule has 0 saturated carbocycles. The van der Waals surface area contributed by atoms with Gasteiger partial charge < -0.3 is 9.13 Å². The van der Waals surface area contributed by atoms with Crippen molar-refractivity contribution in [2.24, 2.45) is 0 Å². The van der Waals surface area contributed by atoms with Crippen LogP contribution in [0.25, 0.3) is 133 Å². The molecule has 0 N–H and O–H groups in total. The van der Waals surface area contributed by atoms with Crippen LogP contribution in [0.4, 0.5) is 0 Å². The van der Waals surface area contributed by atoms with Crippen LogP contribution < -0.4 is 0 Å². The molecule has 0 aliphatic carbocycles. The summed E-state index contributed by atoms with van der Waals surface area (Å²) in [5.41, 5.74) is 12.1. The molecule has 0 fully saturated rings. The predicted molar refractivity (Wildman–Crippen MR) is 283 cm³/mol. The predicted octanol–water partition coefficient (Wildman–Crippen LogP) is 16.2. The molecule has 0 saturated heterocycles. The maximum absolute atomic E-state index is 5.20. The largest absolute Gasteiger partial charge is 0.309 e. The van der Waals surface area contributed by atoms with Gasteiger partial charge in [0.2, 0.25) is 0 Å². The third kappa shape index (κ3) is 5.99. The lowest BCUT2D eigenvalue weighted by Gasteiger charge is -2.13. The van der Waals surface area contributed by atoms with Gasteiger partial charge in [-0.05, 0) is 98.0 Å². The number of nitrogens with zero attached hydrogens (tertiary/aromatic N) is 5. The lowest BCUT2D eigenvalue weighted by Crippen LogP contribution is -2.01. The molecule has 68 heavy (non-hydrogen) atoms. The summed E-state index contributed by atoms with van der Waals surface area (Å²) in [4.78, 5) is 15.4. The van der Waals surface area contributed by atoms with Gasteiger partial charge in [-0.2, -0.15) is 0 Å². The van der Waals surface area contributed by atoms with Gasteiger partial charge in [-0.3, -0.25) is 0 Å². The van der Waals surface area contributed by atoms with E-state index in [1.54, 1.807) is 0 Å². The molecular weight excluding hydrogens is 827 g/mol. The number of rotatable bonds is 6. The Morgan fingerprint density at radius 2 is 0.868 bits per heavy atom. The summed E-state index contributed by atoms with van der Waals surface area (Å²) in [7, 11) is 0. The fourth-order valence-electron chi connectivity index (χ4n) is 10.6. The van der Waals surface area contributed by atoms with Crippen LogP contribution in [0.2, 0.25) is 0 Å². The summed E-state index contributed by atoms with van der Waals surface area (Å²) in [6.07, 6.45) is 0. The van der Waals surface area contributed by atoms with Crippen molar-refractivity contribution in [1.82, 2.24) is 24.1 Å². The number of fused-ring (bicyclic) bond motifs is 10. The molecule has 0 aliphatic heterocycles. The summed E-state index contributed by atoms with van der Waals surface area (Å²) < 4.78 is 4.90. The first-order valence-electron chi connectivity index (χ1n) is 23.1. The van der Waals surface area contributed by atoms with E-state index in [1.165, 1.54) is 54.3 Å². The molecule has 0 amide bonds. The zero-order valence-electron chi connectivity index (χ0n) is 36.8. The number of benzene rings is 11. The van der Waals surface area contributed by atoms with E-state index in [4.69, 9.17) is 15.0 Å². The van der Waals surface area contributed by atoms with Crippen molar-refractivity contribution in [2.75, 3.05) is 0 Å². The molecule has 5 nitrogen and oxygen atoms in total. The molecule has 0 atom stereocenters. The summed E-state index contributed by atoms with van der Waals surface area (Å²) in [6.45, 7) is 0. The Kier molecular flexibility index (Phi) is 8.52. The van der Waals surface area contributed by atoms with Gasteiger partial charge in [0, 0.05) is 49.6 Å². The van der Waals surface area contributed by atoms with E-state index in [9.17, 15) is 0 Å². The summed E-state index contributed by atoms with van der Waals surface area (Å²) in [5, 5.41) is 11.9. The first kappa shape index (κ1) is 38.1. The van der Waals surface area contributed by atoms with Crippen LogP contribution in [0.3, 0.4) is 0 Å². The van der Waals surface area contributed by atoms with Gasteiger partial charge in [0.05, 0.1) is 22.1 Å². The third-order valence-electron chi connectivity index (χ3n) is 13.7. The zero-order chi connectivity index (χ0) is 44.7. The minimum atomic E-state index is 0.635. The summed E-state index contributed by atoms with van der Waals surface area (Å²) in [6, 6.07) is 84.8. The van der Waals surface area contributed by atoms with Crippen LogP contribution in [0, 0.1) is 0 Å². The number of hydrogen-bond donors (Lipinski definition) is 0. The molecule has 0 bridgehead atoms. The van der Waals surface area contributed by atoms with Gasteiger partial charge in [-0.15, -0.1) is 0 Å². The zero-order valence-corrected chi connectivity index (χ0v) is 36.8. The first-order valence-corrected chi connectivity index (χ1v) is 23.1. The Balaban J connectivity index is 0.991. The first-order chi connectivity index (χ1) is 33.7. The Bertz CT molecular complexity index is 4300. The van der Waals surface area contributed by atoms with Crippen LogP contribution in [-0.2, 0) is 0 Å². The van der Waals surface area contributed by atoms with E-state index in [0.29, 0.717) is 17.5 Å². The maximum Gasteiger partial charge on any atom is 0.164 e. The van der Waals surface area contributed by atoms with E-state index in [1.807, 2.05) is 18.2 Å². The second-order valence-corrected chi connectivity index (χ2v) is 17.6. The third-order valence-corrected chi connectivity index (χ3v) is 13.7. The lowest BCUT2D eigenvalue weighted by atomic mass is 9.94. The van der Waals surface area contributed by atoms with E-state index in [0.717, 1.165) is 60.8 Å². The SMILES string of the molecule is c1ccc(-c2nc(-c3ccc4ccccc4c3)nc(-c3cccc4cc(-n5c6ccccc6c6cc7c8c9ccccc9c(-c9ccccc9)cc8n(-c8ccccc8)c7cc65)ccc34)n2)cc1. The molecule has 316 valence electrons. The van der Waals surface area contributed by atoms with Crippen LogP contribution in [0.15, 0.2) is 237 Å². The highest BCUT2D eigenvalue weighted by atomic mass is 15.0. The van der Waals surface area contributed by atoms with Gasteiger partial charge >= 0.3 is 0 Å². The average molecular weight is 866 g/mol. The van der Waals surface area contributed by atoms with Crippen LogP contribution in [0.1, 0.15) is 0 Å². The maximum atomic E-state index is 5.20. The Labute approximate surface area is 391 Å². The Hall–Kier alpha value is -9.19. The quantitative estimate of drug-likeness (QED) is 0.167. The highest BCUT2D eigenvalue weighted by Gasteiger charge is 2.22. The number of para-hydroxylation sites is 2. The van der Waals surface area contributed by atoms with Crippen molar-refractivity contribution < 1.29 is 0 Å². The molecule has 14 aromatic rings. The van der Waals surface area contributed by atoms with E-state index in [2.05, 4.69) is 228 Å². The highest BCUT2D eigenvalue weighted by Crippen LogP contribution is 2.45.